The largest absolute Gasteiger partial charge is 0.383 e. The minimum absolute atomic E-state index is 0.0548. The Balaban J connectivity index is 3.72. The molecule has 0 saturated carbocycles. The van der Waals surface area contributed by atoms with E-state index in [1.54, 1.807) is 7.11 Å². The van der Waals surface area contributed by atoms with E-state index in [0.29, 0.717) is 0 Å². The first-order valence-electron chi connectivity index (χ1n) is 6.05. The molecule has 0 unspecified atom stereocenters. The molecule has 0 saturated heterocycles. The van der Waals surface area contributed by atoms with Gasteiger partial charge in [0.15, 0.2) is 0 Å². The van der Waals surface area contributed by atoms with Crippen LogP contribution in [-0.2, 0) is 9.47 Å². The molecule has 0 atom stereocenters. The summed E-state index contributed by atoms with van der Waals surface area (Å²) in [5, 5.41) is 0. The van der Waals surface area contributed by atoms with Crippen LogP contribution in [0.4, 0.5) is 0 Å². The first-order chi connectivity index (χ1) is 7.49. The van der Waals surface area contributed by atoms with Crippen LogP contribution in [0.15, 0.2) is 0 Å². The van der Waals surface area contributed by atoms with E-state index in [-0.39, 0.29) is 5.60 Å². The zero-order valence-corrected chi connectivity index (χ0v) is 11.3. The van der Waals surface area contributed by atoms with Crippen molar-refractivity contribution in [2.24, 2.45) is 5.73 Å². The molecule has 0 aliphatic rings. The van der Waals surface area contributed by atoms with E-state index in [1.807, 2.05) is 0 Å². The summed E-state index contributed by atoms with van der Waals surface area (Å²) in [6.45, 7) is 11.4. The van der Waals surface area contributed by atoms with Crippen molar-refractivity contribution >= 4 is 0 Å². The Bertz CT molecular complexity index is 150. The van der Waals surface area contributed by atoms with Gasteiger partial charge in [0.25, 0.3) is 0 Å². The highest BCUT2D eigenvalue weighted by Crippen LogP contribution is 2.06. The number of nitrogens with two attached hydrogens (primary N) is 1. The van der Waals surface area contributed by atoms with Crippen LogP contribution < -0.4 is 5.73 Å². The summed E-state index contributed by atoms with van der Waals surface area (Å²) in [6, 6.07) is 0. The van der Waals surface area contributed by atoms with E-state index in [1.165, 1.54) is 0 Å². The summed E-state index contributed by atoms with van der Waals surface area (Å²) in [7, 11) is 1.73. The van der Waals surface area contributed by atoms with E-state index in [4.69, 9.17) is 15.2 Å². The van der Waals surface area contributed by atoms with E-state index >= 15 is 0 Å². The normalized spacial score (nSPS) is 12.4. The molecule has 4 nitrogen and oxygen atoms in total. The predicted octanol–water partition coefficient (Wildman–Crippen LogP) is 1.10. The molecule has 0 aliphatic carbocycles. The summed E-state index contributed by atoms with van der Waals surface area (Å²) < 4.78 is 10.8. The Morgan fingerprint density at radius 1 is 1.06 bits per heavy atom. The van der Waals surface area contributed by atoms with Gasteiger partial charge in [0, 0.05) is 20.2 Å². The van der Waals surface area contributed by atoms with Crippen LogP contribution in [0.2, 0.25) is 0 Å². The van der Waals surface area contributed by atoms with Crippen LogP contribution in [0.1, 0.15) is 27.2 Å². The molecule has 0 aromatic heterocycles. The Morgan fingerprint density at radius 2 is 1.69 bits per heavy atom. The lowest BCUT2D eigenvalue weighted by molar-refractivity contribution is -0.0149. The fourth-order valence-corrected chi connectivity index (χ4v) is 1.35. The SMILES string of the molecule is COCCN(CCCN)CCOC(C)(C)C. The molecule has 0 aliphatic heterocycles. The van der Waals surface area contributed by atoms with Gasteiger partial charge in [-0.15, -0.1) is 0 Å². The van der Waals surface area contributed by atoms with Crippen LogP contribution in [0, 0.1) is 0 Å². The maximum absolute atomic E-state index is 5.71. The summed E-state index contributed by atoms with van der Waals surface area (Å²) in [6.07, 6.45) is 1.03. The molecule has 4 heteroatoms. The minimum atomic E-state index is -0.0548. The molecule has 0 bridgehead atoms. The van der Waals surface area contributed by atoms with Crippen molar-refractivity contribution in [3.05, 3.63) is 0 Å². The second-order valence-corrected chi connectivity index (χ2v) is 4.94. The Labute approximate surface area is 100 Å². The number of methoxy groups -OCH3 is 1. The Kier molecular flexibility index (Phi) is 8.84. The highest BCUT2D eigenvalue weighted by atomic mass is 16.5. The molecular weight excluding hydrogens is 204 g/mol. The third-order valence-corrected chi connectivity index (χ3v) is 2.23. The van der Waals surface area contributed by atoms with Crippen molar-refractivity contribution in [3.63, 3.8) is 0 Å². The fourth-order valence-electron chi connectivity index (χ4n) is 1.35. The first kappa shape index (κ1) is 15.8. The lowest BCUT2D eigenvalue weighted by Crippen LogP contribution is -2.34. The van der Waals surface area contributed by atoms with Gasteiger partial charge in [0.1, 0.15) is 0 Å². The Morgan fingerprint density at radius 3 is 2.19 bits per heavy atom. The molecule has 0 amide bonds. The second-order valence-electron chi connectivity index (χ2n) is 4.94. The zero-order valence-electron chi connectivity index (χ0n) is 11.3. The van der Waals surface area contributed by atoms with Crippen LogP contribution in [0.5, 0.6) is 0 Å². The van der Waals surface area contributed by atoms with Gasteiger partial charge in [0.2, 0.25) is 0 Å². The predicted molar refractivity (Wildman–Crippen MR) is 67.7 cm³/mol. The molecule has 98 valence electrons. The summed E-state index contributed by atoms with van der Waals surface area (Å²) in [5.74, 6) is 0. The number of hydrogen-bond donors (Lipinski definition) is 1. The van der Waals surface area contributed by atoms with Gasteiger partial charge in [-0.05, 0) is 40.3 Å². The molecular formula is C12H28N2O2. The zero-order chi connectivity index (χ0) is 12.4. The topological polar surface area (TPSA) is 47.7 Å². The van der Waals surface area contributed by atoms with Gasteiger partial charge < -0.3 is 15.2 Å². The molecule has 2 N–H and O–H groups in total. The van der Waals surface area contributed by atoms with Crippen LogP contribution in [-0.4, -0.2) is 57.0 Å². The maximum Gasteiger partial charge on any atom is 0.0600 e. The van der Waals surface area contributed by atoms with Gasteiger partial charge in [0.05, 0.1) is 18.8 Å². The highest BCUT2D eigenvalue weighted by Gasteiger charge is 2.11. The minimum Gasteiger partial charge on any atom is -0.383 e. The third kappa shape index (κ3) is 10.4. The van der Waals surface area contributed by atoms with Gasteiger partial charge in [-0.3, -0.25) is 4.90 Å². The third-order valence-electron chi connectivity index (χ3n) is 2.23. The van der Waals surface area contributed by atoms with Crippen molar-refractivity contribution in [1.82, 2.24) is 4.90 Å². The molecule has 0 rings (SSSR count). The molecule has 0 radical (unpaired) electrons. The van der Waals surface area contributed by atoms with Crippen molar-refractivity contribution in [1.29, 1.82) is 0 Å². The van der Waals surface area contributed by atoms with Crippen molar-refractivity contribution in [3.8, 4) is 0 Å². The maximum atomic E-state index is 5.71. The highest BCUT2D eigenvalue weighted by molar-refractivity contribution is 4.62. The molecule has 0 fully saturated rings. The Hall–Kier alpha value is -0.160. The van der Waals surface area contributed by atoms with E-state index < -0.39 is 0 Å². The van der Waals surface area contributed by atoms with E-state index in [2.05, 4.69) is 25.7 Å². The molecule has 0 spiro atoms. The van der Waals surface area contributed by atoms with Crippen LogP contribution in [0.3, 0.4) is 0 Å². The summed E-state index contributed by atoms with van der Waals surface area (Å²) >= 11 is 0. The van der Waals surface area contributed by atoms with Crippen molar-refractivity contribution in [2.75, 3.05) is 46.5 Å². The number of hydrogen-bond acceptors (Lipinski definition) is 4. The van der Waals surface area contributed by atoms with Crippen LogP contribution in [0.25, 0.3) is 0 Å². The average Bonchev–Trinajstić information content (AvgIpc) is 2.19. The number of rotatable bonds is 9. The van der Waals surface area contributed by atoms with Crippen molar-refractivity contribution < 1.29 is 9.47 Å². The van der Waals surface area contributed by atoms with Crippen molar-refractivity contribution in [2.45, 2.75) is 32.8 Å². The van der Waals surface area contributed by atoms with E-state index in [9.17, 15) is 0 Å². The quantitative estimate of drug-likeness (QED) is 0.647. The van der Waals surface area contributed by atoms with Gasteiger partial charge in [-0.1, -0.05) is 0 Å². The van der Waals surface area contributed by atoms with Gasteiger partial charge in [-0.2, -0.15) is 0 Å². The number of ether oxygens (including phenoxy) is 2. The molecule has 0 heterocycles. The monoisotopic (exact) mass is 232 g/mol. The first-order valence-corrected chi connectivity index (χ1v) is 6.05. The molecule has 0 aromatic carbocycles. The smallest absolute Gasteiger partial charge is 0.0600 e. The van der Waals surface area contributed by atoms with Gasteiger partial charge >= 0.3 is 0 Å². The standard InChI is InChI=1S/C12H28N2O2/c1-12(2,3)16-11-9-14(7-5-6-13)8-10-15-4/h5-11,13H2,1-4H3. The van der Waals surface area contributed by atoms with Crippen LogP contribution >= 0.6 is 0 Å². The number of nitrogens with zero attached hydrogens (tertiary/aromatic N) is 1. The average molecular weight is 232 g/mol. The lowest BCUT2D eigenvalue weighted by Gasteiger charge is -2.25. The lowest BCUT2D eigenvalue weighted by atomic mass is 10.2. The summed E-state index contributed by atoms with van der Waals surface area (Å²) in [4.78, 5) is 2.34. The van der Waals surface area contributed by atoms with Gasteiger partial charge in [-0.25, -0.2) is 0 Å². The molecule has 16 heavy (non-hydrogen) atoms. The fraction of sp³-hybridized carbons (Fsp3) is 1.00. The molecule has 0 aromatic rings. The second kappa shape index (κ2) is 8.93. The van der Waals surface area contributed by atoms with E-state index in [0.717, 1.165) is 45.8 Å². The summed E-state index contributed by atoms with van der Waals surface area (Å²) in [5.41, 5.74) is 5.46.